The number of rotatable bonds is 8. The van der Waals surface area contributed by atoms with Crippen LogP contribution < -0.4 is 16.2 Å². The zero-order chi connectivity index (χ0) is 33.9. The zero-order valence-electron chi connectivity index (χ0n) is 28.2. The summed E-state index contributed by atoms with van der Waals surface area (Å²) in [6.45, 7) is 11.6. The number of hydrogen-bond donors (Lipinski definition) is 2. The van der Waals surface area contributed by atoms with E-state index in [1.54, 1.807) is 36.9 Å². The number of anilines is 2. The number of amides is 3. The molecule has 0 saturated carbocycles. The quantitative estimate of drug-likeness (QED) is 0.217. The Labute approximate surface area is 276 Å². The van der Waals surface area contributed by atoms with Gasteiger partial charge in [0, 0.05) is 56.0 Å². The third-order valence-electron chi connectivity index (χ3n) is 8.86. The van der Waals surface area contributed by atoms with Crippen molar-refractivity contribution >= 4 is 29.1 Å². The summed E-state index contributed by atoms with van der Waals surface area (Å²) in [5.74, 6) is -0.466. The summed E-state index contributed by atoms with van der Waals surface area (Å²) >= 11 is 0. The topological polar surface area (TPSA) is 101 Å². The Morgan fingerprint density at radius 3 is 2.23 bits per heavy atom. The second-order valence-corrected chi connectivity index (χ2v) is 13.4. The number of carbonyl (C=O) groups is 3. The Bertz CT molecular complexity index is 1880. The maximum Gasteiger partial charge on any atom is 0.255 e. The van der Waals surface area contributed by atoms with E-state index in [0.717, 1.165) is 40.7 Å². The average Bonchev–Trinajstić information content (AvgIpc) is 3.59. The van der Waals surface area contributed by atoms with Crippen LogP contribution in [0.5, 0.6) is 0 Å². The largest absolute Gasteiger partial charge is 0.339 e. The van der Waals surface area contributed by atoms with Crippen molar-refractivity contribution in [2.75, 3.05) is 23.7 Å². The van der Waals surface area contributed by atoms with E-state index in [0.29, 0.717) is 47.6 Å². The fraction of sp³-hybridized carbons (Fsp3) is 0.333. The summed E-state index contributed by atoms with van der Waals surface area (Å²) in [6, 6.07) is 20.7. The van der Waals surface area contributed by atoms with Crippen molar-refractivity contribution in [1.29, 1.82) is 0 Å². The Morgan fingerprint density at radius 1 is 0.872 bits per heavy atom. The van der Waals surface area contributed by atoms with Crippen LogP contribution >= 0.6 is 0 Å². The summed E-state index contributed by atoms with van der Waals surface area (Å²) in [4.78, 5) is 54.0. The highest BCUT2D eigenvalue weighted by Crippen LogP contribution is 2.30. The SMILES string of the molecule is CCC(=O)Nc1cc(Cc2cc(-c3cccc(NC(=O)c4ccc(C(C)(C)C)cc4)c3C)cn(C)c2=O)ccc1C(=O)N1CCCC1. The van der Waals surface area contributed by atoms with E-state index in [1.165, 1.54) is 0 Å². The van der Waals surface area contributed by atoms with Gasteiger partial charge in [0.25, 0.3) is 17.4 Å². The molecule has 1 aliphatic heterocycles. The molecule has 0 unspecified atom stereocenters. The van der Waals surface area contributed by atoms with Crippen molar-refractivity contribution in [2.45, 2.75) is 65.7 Å². The number of carbonyl (C=O) groups excluding carboxylic acids is 3. The molecule has 0 atom stereocenters. The lowest BCUT2D eigenvalue weighted by atomic mass is 9.86. The molecule has 1 aliphatic rings. The van der Waals surface area contributed by atoms with E-state index in [9.17, 15) is 19.2 Å². The highest BCUT2D eigenvalue weighted by atomic mass is 16.2. The first kappa shape index (κ1) is 33.4. The number of benzene rings is 3. The molecular weight excluding hydrogens is 588 g/mol. The van der Waals surface area contributed by atoms with E-state index >= 15 is 0 Å². The Hall–Kier alpha value is -4.98. The van der Waals surface area contributed by atoms with Crippen molar-refractivity contribution < 1.29 is 14.4 Å². The zero-order valence-corrected chi connectivity index (χ0v) is 28.2. The molecule has 0 aliphatic carbocycles. The minimum atomic E-state index is -0.190. The fourth-order valence-electron chi connectivity index (χ4n) is 5.99. The smallest absolute Gasteiger partial charge is 0.255 e. The Morgan fingerprint density at radius 2 is 1.57 bits per heavy atom. The molecule has 1 saturated heterocycles. The first-order chi connectivity index (χ1) is 22.3. The van der Waals surface area contributed by atoms with E-state index in [4.69, 9.17) is 0 Å². The predicted octanol–water partition coefficient (Wildman–Crippen LogP) is 7.09. The van der Waals surface area contributed by atoms with Crippen molar-refractivity contribution in [2.24, 2.45) is 7.05 Å². The van der Waals surface area contributed by atoms with Crippen molar-refractivity contribution in [3.63, 3.8) is 0 Å². The maximum atomic E-state index is 13.3. The van der Waals surface area contributed by atoms with Crippen LogP contribution in [0.4, 0.5) is 11.4 Å². The summed E-state index contributed by atoms with van der Waals surface area (Å²) in [5.41, 5.74) is 7.21. The van der Waals surface area contributed by atoms with Gasteiger partial charge >= 0.3 is 0 Å². The molecule has 1 aromatic heterocycles. The van der Waals surface area contributed by atoms with Crippen molar-refractivity contribution in [3.05, 3.63) is 117 Å². The van der Waals surface area contributed by atoms with E-state index in [-0.39, 0.29) is 35.1 Å². The molecule has 5 rings (SSSR count). The van der Waals surface area contributed by atoms with Crippen molar-refractivity contribution in [1.82, 2.24) is 9.47 Å². The molecule has 1 fully saturated rings. The molecule has 47 heavy (non-hydrogen) atoms. The number of aromatic nitrogens is 1. The van der Waals surface area contributed by atoms with Crippen LogP contribution in [0.3, 0.4) is 0 Å². The van der Waals surface area contributed by atoms with Gasteiger partial charge in [-0.3, -0.25) is 19.2 Å². The van der Waals surface area contributed by atoms with Gasteiger partial charge in [-0.1, -0.05) is 58.0 Å². The summed E-state index contributed by atoms with van der Waals surface area (Å²) < 4.78 is 1.57. The maximum absolute atomic E-state index is 13.3. The monoisotopic (exact) mass is 632 g/mol. The van der Waals surface area contributed by atoms with Crippen molar-refractivity contribution in [3.8, 4) is 11.1 Å². The van der Waals surface area contributed by atoms with Gasteiger partial charge in [0.15, 0.2) is 0 Å². The number of pyridine rings is 1. The minimum absolute atomic E-state index is 0.00233. The second kappa shape index (κ2) is 13.8. The summed E-state index contributed by atoms with van der Waals surface area (Å²) in [7, 11) is 1.72. The number of hydrogen-bond acceptors (Lipinski definition) is 4. The molecule has 8 nitrogen and oxygen atoms in total. The first-order valence-corrected chi connectivity index (χ1v) is 16.3. The third kappa shape index (κ3) is 7.54. The minimum Gasteiger partial charge on any atom is -0.339 e. The molecule has 0 radical (unpaired) electrons. The highest BCUT2D eigenvalue weighted by molar-refractivity contribution is 6.05. The molecule has 2 N–H and O–H groups in total. The van der Waals surface area contributed by atoms with Crippen LogP contribution in [0.1, 0.15) is 89.9 Å². The average molecular weight is 633 g/mol. The van der Waals surface area contributed by atoms with Crippen LogP contribution in [0.25, 0.3) is 11.1 Å². The molecule has 8 heteroatoms. The number of likely N-dealkylation sites (tertiary alicyclic amines) is 1. The van der Waals surface area contributed by atoms with Gasteiger partial charge in [-0.2, -0.15) is 0 Å². The van der Waals surface area contributed by atoms with E-state index in [2.05, 4.69) is 31.4 Å². The van der Waals surface area contributed by atoms with Crippen LogP contribution in [-0.4, -0.2) is 40.3 Å². The lowest BCUT2D eigenvalue weighted by Crippen LogP contribution is -2.29. The number of nitrogens with zero attached hydrogens (tertiary/aromatic N) is 2. The molecule has 0 bridgehead atoms. The van der Waals surface area contributed by atoms with Gasteiger partial charge in [-0.05, 0) is 89.4 Å². The Kier molecular flexibility index (Phi) is 9.80. The summed E-state index contributed by atoms with van der Waals surface area (Å²) in [6.07, 6.45) is 4.34. The number of aryl methyl sites for hydroxylation is 1. The molecular formula is C39H44N4O4. The second-order valence-electron chi connectivity index (χ2n) is 13.4. The lowest BCUT2D eigenvalue weighted by Gasteiger charge is -2.19. The van der Waals surface area contributed by atoms with Gasteiger partial charge in [-0.15, -0.1) is 0 Å². The normalized spacial score (nSPS) is 13.0. The molecule has 3 aromatic carbocycles. The fourth-order valence-corrected chi connectivity index (χ4v) is 5.99. The summed E-state index contributed by atoms with van der Waals surface area (Å²) in [5, 5.41) is 5.96. The van der Waals surface area contributed by atoms with Gasteiger partial charge in [-0.25, -0.2) is 0 Å². The van der Waals surface area contributed by atoms with Gasteiger partial charge in [0.2, 0.25) is 5.91 Å². The molecule has 4 aromatic rings. The van der Waals surface area contributed by atoms with E-state index < -0.39 is 0 Å². The van der Waals surface area contributed by atoms with Gasteiger partial charge in [0.1, 0.15) is 0 Å². The third-order valence-corrected chi connectivity index (χ3v) is 8.86. The van der Waals surface area contributed by atoms with Crippen LogP contribution in [0, 0.1) is 6.92 Å². The standard InChI is InChI=1S/C39H44N4O4/c1-7-35(44)40-34-22-26(13-18-32(34)38(47)43-19-8-9-20-43)21-28-23-29(24-42(6)37(28)46)31-11-10-12-33(25(31)2)41-36(45)27-14-16-30(17-15-27)39(3,4)5/h10-18,22-24H,7-9,19-21H2,1-6H3,(H,40,44)(H,41,45). The molecule has 2 heterocycles. The molecule has 244 valence electrons. The van der Waals surface area contributed by atoms with Crippen LogP contribution in [0.15, 0.2) is 77.7 Å². The highest BCUT2D eigenvalue weighted by Gasteiger charge is 2.23. The molecule has 0 spiro atoms. The van der Waals surface area contributed by atoms with Gasteiger partial charge in [0.05, 0.1) is 11.3 Å². The Balaban J connectivity index is 1.43. The van der Waals surface area contributed by atoms with E-state index in [1.807, 2.05) is 66.4 Å². The van der Waals surface area contributed by atoms with Crippen LogP contribution in [-0.2, 0) is 23.7 Å². The molecule has 3 amide bonds. The number of nitrogens with one attached hydrogen (secondary N) is 2. The lowest BCUT2D eigenvalue weighted by molar-refractivity contribution is -0.115. The van der Waals surface area contributed by atoms with Crippen LogP contribution in [0.2, 0.25) is 0 Å². The van der Waals surface area contributed by atoms with Gasteiger partial charge < -0.3 is 20.1 Å². The first-order valence-electron chi connectivity index (χ1n) is 16.3. The predicted molar refractivity (Wildman–Crippen MR) is 188 cm³/mol.